The number of hydrogen-bond donors (Lipinski definition) is 2. The van der Waals surface area contributed by atoms with Crippen LogP contribution in [0.3, 0.4) is 0 Å². The second-order valence-electron chi connectivity index (χ2n) is 5.30. The van der Waals surface area contributed by atoms with Crippen LogP contribution in [-0.4, -0.2) is 66.1 Å². The molecule has 2 aliphatic rings. The van der Waals surface area contributed by atoms with Gasteiger partial charge in [-0.15, -0.1) is 0 Å². The van der Waals surface area contributed by atoms with Gasteiger partial charge in [-0.05, 0) is 18.2 Å². The highest BCUT2D eigenvalue weighted by Crippen LogP contribution is 2.23. The van der Waals surface area contributed by atoms with Gasteiger partial charge in [-0.3, -0.25) is 9.69 Å². The molecule has 6 heteroatoms. The average molecular weight is 296 g/mol. The molecule has 108 valence electrons. The zero-order chi connectivity index (χ0) is 14.1. The van der Waals surface area contributed by atoms with Crippen LogP contribution in [0, 0.1) is 0 Å². The van der Waals surface area contributed by atoms with Crippen molar-refractivity contribution >= 4 is 17.5 Å². The van der Waals surface area contributed by atoms with Crippen molar-refractivity contribution in [3.05, 3.63) is 28.8 Å². The second kappa shape index (κ2) is 5.60. The Bertz CT molecular complexity index is 511. The number of carbonyl (C=O) groups is 1. The van der Waals surface area contributed by atoms with Gasteiger partial charge in [-0.1, -0.05) is 11.6 Å². The van der Waals surface area contributed by atoms with Crippen molar-refractivity contribution in [2.45, 2.75) is 6.04 Å². The van der Waals surface area contributed by atoms with Crippen LogP contribution in [0.2, 0.25) is 5.02 Å². The highest BCUT2D eigenvalue weighted by molar-refractivity contribution is 6.31. The molecule has 0 unspecified atom stereocenters. The first kappa shape index (κ1) is 13.7. The summed E-state index contributed by atoms with van der Waals surface area (Å²) in [6.07, 6.45) is 0. The molecule has 0 radical (unpaired) electrons. The summed E-state index contributed by atoms with van der Waals surface area (Å²) >= 11 is 5.89. The lowest BCUT2D eigenvalue weighted by molar-refractivity contribution is 0.0500. The van der Waals surface area contributed by atoms with E-state index in [1.165, 1.54) is 12.1 Å². The topological polar surface area (TPSA) is 55.8 Å². The van der Waals surface area contributed by atoms with E-state index >= 15 is 0 Å². The Kier molecular flexibility index (Phi) is 3.83. The van der Waals surface area contributed by atoms with Crippen molar-refractivity contribution in [2.75, 3.05) is 39.3 Å². The van der Waals surface area contributed by atoms with Crippen molar-refractivity contribution in [2.24, 2.45) is 0 Å². The van der Waals surface area contributed by atoms with Crippen molar-refractivity contribution in [1.82, 2.24) is 15.1 Å². The lowest BCUT2D eigenvalue weighted by atomic mass is 10.1. The molecule has 1 aromatic rings. The minimum absolute atomic E-state index is 0.00924. The van der Waals surface area contributed by atoms with Crippen LogP contribution in [0.5, 0.6) is 5.75 Å². The van der Waals surface area contributed by atoms with E-state index < -0.39 is 0 Å². The van der Waals surface area contributed by atoms with Gasteiger partial charge in [0, 0.05) is 50.3 Å². The number of carbonyl (C=O) groups excluding carboxylic acids is 1. The molecule has 2 N–H and O–H groups in total. The molecule has 2 fully saturated rings. The standard InChI is InChI=1S/C14H18ClN3O2/c15-10-1-2-13(19)12(7-10)14(20)18-5-3-17(4-6-18)11-8-16-9-11/h1-2,7,11,16,19H,3-6,8-9H2. The summed E-state index contributed by atoms with van der Waals surface area (Å²) in [5.74, 6) is -0.151. The summed E-state index contributed by atoms with van der Waals surface area (Å²) in [6, 6.07) is 5.19. The Morgan fingerprint density at radius 1 is 1.25 bits per heavy atom. The quantitative estimate of drug-likeness (QED) is 0.846. The zero-order valence-corrected chi connectivity index (χ0v) is 11.9. The van der Waals surface area contributed by atoms with Gasteiger partial charge in [0.25, 0.3) is 5.91 Å². The minimum atomic E-state index is -0.142. The van der Waals surface area contributed by atoms with E-state index in [2.05, 4.69) is 10.2 Å². The zero-order valence-electron chi connectivity index (χ0n) is 11.2. The number of phenolic OH excluding ortho intramolecular Hbond substituents is 1. The van der Waals surface area contributed by atoms with Crippen LogP contribution in [0.4, 0.5) is 0 Å². The average Bonchev–Trinajstić information content (AvgIpc) is 2.40. The lowest BCUT2D eigenvalue weighted by Crippen LogP contribution is -2.62. The molecule has 3 rings (SSSR count). The Labute approximate surface area is 123 Å². The molecule has 1 aromatic carbocycles. The van der Waals surface area contributed by atoms with E-state index in [4.69, 9.17) is 11.6 Å². The molecule has 5 nitrogen and oxygen atoms in total. The number of halogens is 1. The van der Waals surface area contributed by atoms with E-state index in [-0.39, 0.29) is 17.2 Å². The number of amides is 1. The molecule has 0 bridgehead atoms. The smallest absolute Gasteiger partial charge is 0.257 e. The lowest BCUT2D eigenvalue weighted by Gasteiger charge is -2.43. The number of phenols is 1. The normalized spacial score (nSPS) is 20.8. The van der Waals surface area contributed by atoms with Gasteiger partial charge in [0.05, 0.1) is 5.56 Å². The maximum absolute atomic E-state index is 12.4. The van der Waals surface area contributed by atoms with Crippen LogP contribution in [0.25, 0.3) is 0 Å². The Morgan fingerprint density at radius 2 is 1.95 bits per heavy atom. The fourth-order valence-electron chi connectivity index (χ4n) is 2.67. The van der Waals surface area contributed by atoms with Crippen molar-refractivity contribution < 1.29 is 9.90 Å². The molecule has 0 aliphatic carbocycles. The van der Waals surface area contributed by atoms with E-state index in [9.17, 15) is 9.90 Å². The third-order valence-corrected chi connectivity index (χ3v) is 4.30. The first-order valence-electron chi connectivity index (χ1n) is 6.88. The summed E-state index contributed by atoms with van der Waals surface area (Å²) < 4.78 is 0. The maximum atomic E-state index is 12.4. The van der Waals surface area contributed by atoms with Crippen LogP contribution in [0.15, 0.2) is 18.2 Å². The highest BCUT2D eigenvalue weighted by Gasteiger charge is 2.30. The van der Waals surface area contributed by atoms with E-state index in [0.717, 1.165) is 26.2 Å². The second-order valence-corrected chi connectivity index (χ2v) is 5.74. The Balaban J connectivity index is 1.65. The van der Waals surface area contributed by atoms with Gasteiger partial charge in [-0.2, -0.15) is 0 Å². The SMILES string of the molecule is O=C(c1cc(Cl)ccc1O)N1CCN(C2CNC2)CC1. The minimum Gasteiger partial charge on any atom is -0.507 e. The van der Waals surface area contributed by atoms with Crippen LogP contribution < -0.4 is 5.32 Å². The number of nitrogens with zero attached hydrogens (tertiary/aromatic N) is 2. The van der Waals surface area contributed by atoms with Gasteiger partial charge in [0.1, 0.15) is 5.75 Å². The van der Waals surface area contributed by atoms with Crippen LogP contribution >= 0.6 is 11.6 Å². The molecule has 1 amide bonds. The van der Waals surface area contributed by atoms with Crippen molar-refractivity contribution in [3.8, 4) is 5.75 Å². The largest absolute Gasteiger partial charge is 0.507 e. The van der Waals surface area contributed by atoms with Gasteiger partial charge >= 0.3 is 0 Å². The monoisotopic (exact) mass is 295 g/mol. The number of benzene rings is 1. The first-order chi connectivity index (χ1) is 9.65. The molecule has 0 aromatic heterocycles. The number of piperazine rings is 1. The molecule has 0 atom stereocenters. The summed E-state index contributed by atoms with van der Waals surface area (Å²) in [5, 5.41) is 13.5. The number of rotatable bonds is 2. The summed E-state index contributed by atoms with van der Waals surface area (Å²) in [5.41, 5.74) is 0.288. The molecule has 0 saturated carbocycles. The van der Waals surface area contributed by atoms with E-state index in [1.54, 1.807) is 11.0 Å². The van der Waals surface area contributed by atoms with Crippen LogP contribution in [0.1, 0.15) is 10.4 Å². The molecule has 0 spiro atoms. The first-order valence-corrected chi connectivity index (χ1v) is 7.25. The van der Waals surface area contributed by atoms with Crippen molar-refractivity contribution in [1.29, 1.82) is 0 Å². The predicted molar refractivity (Wildman–Crippen MR) is 77.3 cm³/mol. The highest BCUT2D eigenvalue weighted by atomic mass is 35.5. The Morgan fingerprint density at radius 3 is 2.55 bits per heavy atom. The molecule has 2 heterocycles. The van der Waals surface area contributed by atoms with E-state index in [1.807, 2.05) is 0 Å². The van der Waals surface area contributed by atoms with Crippen molar-refractivity contribution in [3.63, 3.8) is 0 Å². The molecule has 20 heavy (non-hydrogen) atoms. The van der Waals surface area contributed by atoms with E-state index in [0.29, 0.717) is 24.2 Å². The molecular formula is C14H18ClN3O2. The number of aromatic hydroxyl groups is 1. The molecule has 2 aliphatic heterocycles. The van der Waals surface area contributed by atoms with Gasteiger partial charge in [0.15, 0.2) is 0 Å². The van der Waals surface area contributed by atoms with Gasteiger partial charge < -0.3 is 15.3 Å². The fraction of sp³-hybridized carbons (Fsp3) is 0.500. The third-order valence-electron chi connectivity index (χ3n) is 4.07. The number of hydrogen-bond acceptors (Lipinski definition) is 4. The molecular weight excluding hydrogens is 278 g/mol. The maximum Gasteiger partial charge on any atom is 0.257 e. The van der Waals surface area contributed by atoms with Gasteiger partial charge in [-0.25, -0.2) is 0 Å². The summed E-state index contributed by atoms with van der Waals surface area (Å²) in [7, 11) is 0. The van der Waals surface area contributed by atoms with Gasteiger partial charge in [0.2, 0.25) is 0 Å². The van der Waals surface area contributed by atoms with Crippen LogP contribution in [-0.2, 0) is 0 Å². The summed E-state index contributed by atoms with van der Waals surface area (Å²) in [6.45, 7) is 5.26. The predicted octanol–water partition coefficient (Wildman–Crippen LogP) is 0.775. The Hall–Kier alpha value is -1.30. The fourth-order valence-corrected chi connectivity index (χ4v) is 2.84. The third kappa shape index (κ3) is 2.61. The molecule has 2 saturated heterocycles. The number of nitrogens with one attached hydrogen (secondary N) is 1. The summed E-state index contributed by atoms with van der Waals surface area (Å²) in [4.78, 5) is 16.6.